The number of hydrogen-bond acceptors (Lipinski definition) is 4. The van der Waals surface area contributed by atoms with Crippen molar-refractivity contribution in [3.05, 3.63) is 40.6 Å². The van der Waals surface area contributed by atoms with E-state index in [9.17, 15) is 4.79 Å². The predicted octanol–water partition coefficient (Wildman–Crippen LogP) is 1.44. The molecule has 1 amide bonds. The molecule has 2 rings (SSSR count). The highest BCUT2D eigenvalue weighted by molar-refractivity contribution is 9.10. The van der Waals surface area contributed by atoms with E-state index in [1.807, 2.05) is 0 Å². The molecule has 0 bridgehead atoms. The molecular weight excluding hydrogens is 310 g/mol. The van der Waals surface area contributed by atoms with E-state index >= 15 is 0 Å². The third-order valence-electron chi connectivity index (χ3n) is 2.58. The maximum atomic E-state index is 11.9. The maximum absolute atomic E-state index is 11.9. The van der Waals surface area contributed by atoms with E-state index in [4.69, 9.17) is 5.73 Å². The number of carbonyl (C=O) groups is 1. The van der Waals surface area contributed by atoms with Gasteiger partial charge in [-0.15, -0.1) is 5.10 Å². The molecule has 2 aromatic rings. The molecule has 0 aliphatic carbocycles. The number of nitrogen functional groups attached to an aromatic ring is 1. The summed E-state index contributed by atoms with van der Waals surface area (Å²) >= 11 is 3.29. The summed E-state index contributed by atoms with van der Waals surface area (Å²) in [6.07, 6.45) is 4.21. The molecule has 0 atom stereocenters. The van der Waals surface area contributed by atoms with E-state index in [-0.39, 0.29) is 5.91 Å². The molecule has 19 heavy (non-hydrogen) atoms. The summed E-state index contributed by atoms with van der Waals surface area (Å²) in [4.78, 5) is 11.9. The van der Waals surface area contributed by atoms with Crippen LogP contribution in [0.5, 0.6) is 0 Å². The maximum Gasteiger partial charge on any atom is 0.251 e. The second kappa shape index (κ2) is 6.33. The van der Waals surface area contributed by atoms with Crippen molar-refractivity contribution in [2.24, 2.45) is 0 Å². The van der Waals surface area contributed by atoms with Crippen LogP contribution in [0.1, 0.15) is 16.8 Å². The van der Waals surface area contributed by atoms with Gasteiger partial charge >= 0.3 is 0 Å². The quantitative estimate of drug-likeness (QED) is 0.644. The molecule has 7 heteroatoms. The molecule has 0 fully saturated rings. The van der Waals surface area contributed by atoms with Crippen LogP contribution in [0.3, 0.4) is 0 Å². The van der Waals surface area contributed by atoms with Gasteiger partial charge in [-0.1, -0.05) is 5.21 Å². The van der Waals surface area contributed by atoms with Crippen molar-refractivity contribution in [2.45, 2.75) is 13.0 Å². The Hall–Kier alpha value is -1.89. The van der Waals surface area contributed by atoms with E-state index in [2.05, 4.69) is 31.6 Å². The van der Waals surface area contributed by atoms with Crippen LogP contribution in [0, 0.1) is 0 Å². The van der Waals surface area contributed by atoms with Crippen LogP contribution in [-0.2, 0) is 6.54 Å². The normalized spacial score (nSPS) is 10.4. The minimum absolute atomic E-state index is 0.127. The fraction of sp³-hybridized carbons (Fsp3) is 0.250. The number of benzene rings is 1. The minimum Gasteiger partial charge on any atom is -0.398 e. The zero-order valence-corrected chi connectivity index (χ0v) is 11.8. The monoisotopic (exact) mass is 323 g/mol. The smallest absolute Gasteiger partial charge is 0.251 e. The average Bonchev–Trinajstić information content (AvgIpc) is 2.91. The molecule has 0 unspecified atom stereocenters. The molecule has 0 spiro atoms. The van der Waals surface area contributed by atoms with E-state index < -0.39 is 0 Å². The Morgan fingerprint density at radius 1 is 1.47 bits per heavy atom. The van der Waals surface area contributed by atoms with Gasteiger partial charge in [-0.25, -0.2) is 0 Å². The fourth-order valence-corrected chi connectivity index (χ4v) is 1.83. The molecule has 0 aliphatic rings. The highest BCUT2D eigenvalue weighted by Gasteiger charge is 2.06. The lowest BCUT2D eigenvalue weighted by Gasteiger charge is -2.06. The molecule has 0 radical (unpaired) electrons. The number of hydrogen-bond donors (Lipinski definition) is 2. The second-order valence-electron chi connectivity index (χ2n) is 4.01. The number of nitrogens with one attached hydrogen (secondary N) is 1. The summed E-state index contributed by atoms with van der Waals surface area (Å²) in [5, 5.41) is 10.4. The molecule has 0 saturated heterocycles. The average molecular weight is 324 g/mol. The van der Waals surface area contributed by atoms with E-state index in [0.29, 0.717) is 17.8 Å². The van der Waals surface area contributed by atoms with Gasteiger partial charge in [0, 0.05) is 35.0 Å². The standard InChI is InChI=1S/C12H14BrN5O/c13-10-3-2-9(8-11(10)14)12(19)15-4-1-6-18-7-5-16-17-18/h2-3,5,7-8H,1,4,6,14H2,(H,15,19). The molecule has 1 heterocycles. The lowest BCUT2D eigenvalue weighted by Crippen LogP contribution is -2.25. The first-order valence-electron chi connectivity index (χ1n) is 5.84. The largest absolute Gasteiger partial charge is 0.398 e. The van der Waals surface area contributed by atoms with Gasteiger partial charge in [-0.05, 0) is 40.5 Å². The third-order valence-corrected chi connectivity index (χ3v) is 3.30. The van der Waals surface area contributed by atoms with Crippen LogP contribution >= 0.6 is 15.9 Å². The van der Waals surface area contributed by atoms with Crippen LogP contribution in [-0.4, -0.2) is 27.4 Å². The lowest BCUT2D eigenvalue weighted by molar-refractivity contribution is 0.0952. The van der Waals surface area contributed by atoms with E-state index in [1.165, 1.54) is 0 Å². The number of aromatic nitrogens is 3. The second-order valence-corrected chi connectivity index (χ2v) is 4.87. The number of nitrogens with zero attached hydrogens (tertiary/aromatic N) is 3. The summed E-state index contributed by atoms with van der Waals surface area (Å²) in [6, 6.07) is 5.14. The summed E-state index contributed by atoms with van der Waals surface area (Å²) in [5.74, 6) is -0.127. The van der Waals surface area contributed by atoms with Gasteiger partial charge < -0.3 is 11.1 Å². The van der Waals surface area contributed by atoms with Crippen LogP contribution in [0.4, 0.5) is 5.69 Å². The molecule has 3 N–H and O–H groups in total. The number of aryl methyl sites for hydroxylation is 1. The van der Waals surface area contributed by atoms with Crippen molar-refractivity contribution in [2.75, 3.05) is 12.3 Å². The molecule has 0 saturated carbocycles. The Morgan fingerprint density at radius 2 is 2.32 bits per heavy atom. The fourth-order valence-electron chi connectivity index (χ4n) is 1.58. The van der Waals surface area contributed by atoms with Crippen LogP contribution in [0.2, 0.25) is 0 Å². The summed E-state index contributed by atoms with van der Waals surface area (Å²) in [6.45, 7) is 1.30. The highest BCUT2D eigenvalue weighted by Crippen LogP contribution is 2.19. The van der Waals surface area contributed by atoms with Gasteiger partial charge in [0.05, 0.1) is 6.20 Å². The van der Waals surface area contributed by atoms with Gasteiger partial charge in [0.2, 0.25) is 0 Å². The Balaban J connectivity index is 1.79. The zero-order chi connectivity index (χ0) is 13.7. The van der Waals surface area contributed by atoms with E-state index in [1.54, 1.807) is 35.3 Å². The molecule has 0 aliphatic heterocycles. The molecule has 1 aromatic carbocycles. The highest BCUT2D eigenvalue weighted by atomic mass is 79.9. The minimum atomic E-state index is -0.127. The number of halogens is 1. The van der Waals surface area contributed by atoms with Crippen molar-refractivity contribution in [1.29, 1.82) is 0 Å². The topological polar surface area (TPSA) is 85.8 Å². The first-order chi connectivity index (χ1) is 9.16. The number of nitrogens with two attached hydrogens (primary N) is 1. The molecule has 1 aromatic heterocycles. The Bertz CT molecular complexity index is 555. The summed E-state index contributed by atoms with van der Waals surface area (Å²) < 4.78 is 2.51. The van der Waals surface area contributed by atoms with E-state index in [0.717, 1.165) is 17.4 Å². The molecular formula is C12H14BrN5O. The van der Waals surface area contributed by atoms with Gasteiger partial charge in [-0.2, -0.15) is 0 Å². The van der Waals surface area contributed by atoms with Crippen LogP contribution < -0.4 is 11.1 Å². The third kappa shape index (κ3) is 3.78. The van der Waals surface area contributed by atoms with Crippen molar-refractivity contribution in [3.8, 4) is 0 Å². The van der Waals surface area contributed by atoms with Gasteiger partial charge in [-0.3, -0.25) is 9.48 Å². The number of amides is 1. The van der Waals surface area contributed by atoms with Gasteiger partial charge in [0.25, 0.3) is 5.91 Å². The molecule has 6 nitrogen and oxygen atoms in total. The Morgan fingerprint density at radius 3 is 3.00 bits per heavy atom. The zero-order valence-electron chi connectivity index (χ0n) is 10.2. The summed E-state index contributed by atoms with van der Waals surface area (Å²) in [5.41, 5.74) is 6.84. The van der Waals surface area contributed by atoms with Crippen LogP contribution in [0.15, 0.2) is 35.1 Å². The van der Waals surface area contributed by atoms with Crippen molar-refractivity contribution < 1.29 is 4.79 Å². The Labute approximate surface area is 119 Å². The number of anilines is 1. The van der Waals surface area contributed by atoms with Crippen molar-refractivity contribution in [1.82, 2.24) is 20.3 Å². The SMILES string of the molecule is Nc1cc(C(=O)NCCCn2ccnn2)ccc1Br. The summed E-state index contributed by atoms with van der Waals surface area (Å²) in [7, 11) is 0. The first kappa shape index (κ1) is 13.5. The first-order valence-corrected chi connectivity index (χ1v) is 6.63. The molecule has 100 valence electrons. The van der Waals surface area contributed by atoms with Gasteiger partial charge in [0.1, 0.15) is 0 Å². The number of carbonyl (C=O) groups excluding carboxylic acids is 1. The van der Waals surface area contributed by atoms with Crippen molar-refractivity contribution >= 4 is 27.5 Å². The number of rotatable bonds is 5. The Kier molecular flexibility index (Phi) is 4.51. The lowest BCUT2D eigenvalue weighted by atomic mass is 10.2. The van der Waals surface area contributed by atoms with Gasteiger partial charge in [0.15, 0.2) is 0 Å². The van der Waals surface area contributed by atoms with Crippen molar-refractivity contribution in [3.63, 3.8) is 0 Å². The van der Waals surface area contributed by atoms with Crippen LogP contribution in [0.25, 0.3) is 0 Å². The predicted molar refractivity (Wildman–Crippen MR) is 75.5 cm³/mol.